The molecule has 0 radical (unpaired) electrons. The van der Waals surface area contributed by atoms with Gasteiger partial charge in [-0.3, -0.25) is 4.79 Å². The molecule has 37 heavy (non-hydrogen) atoms. The number of ether oxygens (including phenoxy) is 1. The number of benzene rings is 2. The molecule has 1 amide bonds. The number of fused-ring (bicyclic) bond motifs is 2. The summed E-state index contributed by atoms with van der Waals surface area (Å²) in [7, 11) is 1.71. The van der Waals surface area contributed by atoms with Crippen LogP contribution in [0.4, 0.5) is 0 Å². The lowest BCUT2D eigenvalue weighted by Crippen LogP contribution is -2.55. The van der Waals surface area contributed by atoms with Crippen molar-refractivity contribution in [1.82, 2.24) is 10.2 Å². The van der Waals surface area contributed by atoms with Crippen LogP contribution in [-0.4, -0.2) is 43.6 Å². The molecule has 1 unspecified atom stereocenters. The smallest absolute Gasteiger partial charge is 0.228 e. The van der Waals surface area contributed by atoms with Gasteiger partial charge >= 0.3 is 0 Å². The van der Waals surface area contributed by atoms with Gasteiger partial charge in [0.2, 0.25) is 5.91 Å². The maximum atomic E-state index is 14.6. The van der Waals surface area contributed by atoms with E-state index in [4.69, 9.17) is 16.3 Å². The van der Waals surface area contributed by atoms with E-state index in [-0.39, 0.29) is 11.3 Å². The van der Waals surface area contributed by atoms with Crippen molar-refractivity contribution in [1.29, 1.82) is 0 Å². The molecular weight excluding hydrogens is 480 g/mol. The number of nitrogens with zero attached hydrogens (tertiary/aromatic N) is 1. The predicted octanol–water partition coefficient (Wildman–Crippen LogP) is 6.50. The molecule has 2 aromatic rings. The number of hydrogen-bond donors (Lipinski definition) is 1. The molecule has 2 heterocycles. The maximum Gasteiger partial charge on any atom is 0.228 e. The van der Waals surface area contributed by atoms with E-state index in [2.05, 4.69) is 46.6 Å². The Morgan fingerprint density at radius 1 is 1.05 bits per heavy atom. The van der Waals surface area contributed by atoms with Crippen molar-refractivity contribution < 1.29 is 9.53 Å². The van der Waals surface area contributed by atoms with Crippen molar-refractivity contribution >= 4 is 17.5 Å². The molecule has 4 aliphatic rings. The third-order valence-electron chi connectivity index (χ3n) is 10.1. The van der Waals surface area contributed by atoms with Crippen molar-refractivity contribution in [2.75, 3.05) is 26.7 Å². The molecule has 1 saturated carbocycles. The van der Waals surface area contributed by atoms with Crippen LogP contribution in [0.1, 0.15) is 80.4 Å². The average molecular weight is 521 g/mol. The van der Waals surface area contributed by atoms with E-state index in [1.807, 2.05) is 6.07 Å². The van der Waals surface area contributed by atoms with Crippen LogP contribution in [0.5, 0.6) is 5.75 Å². The van der Waals surface area contributed by atoms with Gasteiger partial charge in [-0.1, -0.05) is 67.3 Å². The number of piperidine rings is 1. The van der Waals surface area contributed by atoms with E-state index < -0.39 is 0 Å². The van der Waals surface area contributed by atoms with Crippen LogP contribution < -0.4 is 10.1 Å². The van der Waals surface area contributed by atoms with Crippen molar-refractivity contribution in [3.8, 4) is 5.75 Å². The second-order valence-electron chi connectivity index (χ2n) is 11.9. The largest absolute Gasteiger partial charge is 0.495 e. The van der Waals surface area contributed by atoms with Crippen LogP contribution >= 0.6 is 11.6 Å². The number of rotatable bonds is 4. The highest BCUT2D eigenvalue weighted by Gasteiger charge is 2.53. The first-order valence-electron chi connectivity index (χ1n) is 14.5. The zero-order valence-corrected chi connectivity index (χ0v) is 22.9. The molecule has 2 aliphatic heterocycles. The van der Waals surface area contributed by atoms with Crippen LogP contribution in [0.15, 0.2) is 42.5 Å². The summed E-state index contributed by atoms with van der Waals surface area (Å²) in [5.41, 5.74) is 3.78. The molecule has 3 fully saturated rings. The fourth-order valence-electron chi connectivity index (χ4n) is 8.34. The molecule has 1 N–H and O–H groups in total. The number of amides is 1. The van der Waals surface area contributed by atoms with Gasteiger partial charge in [-0.2, -0.15) is 0 Å². The zero-order valence-electron chi connectivity index (χ0n) is 22.2. The van der Waals surface area contributed by atoms with Crippen LogP contribution in [0.3, 0.4) is 0 Å². The number of carbonyl (C=O) groups excluding carboxylic acids is 1. The molecule has 4 nitrogen and oxygen atoms in total. The lowest BCUT2D eigenvalue weighted by molar-refractivity contribution is -0.143. The molecule has 2 aliphatic carbocycles. The number of methoxy groups -OCH3 is 1. The lowest BCUT2D eigenvalue weighted by atomic mass is 9.63. The van der Waals surface area contributed by atoms with Crippen LogP contribution in [0.2, 0.25) is 5.02 Å². The summed E-state index contributed by atoms with van der Waals surface area (Å²) in [4.78, 5) is 17.0. The quantitative estimate of drug-likeness (QED) is 0.500. The first-order chi connectivity index (χ1) is 18.1. The second-order valence-corrected chi connectivity index (χ2v) is 12.3. The van der Waals surface area contributed by atoms with Crippen LogP contribution in [0, 0.1) is 11.8 Å². The third kappa shape index (κ3) is 4.48. The predicted molar refractivity (Wildman–Crippen MR) is 149 cm³/mol. The SMILES string of the molecule is COc1c(Cl)ccc2c1CCCC21CNC[C@H]1C(=O)N1CC[C@@H](c2ccccc2)C[C@H]1C1CCCCC1. The average Bonchev–Trinajstić information content (AvgIpc) is 3.37. The summed E-state index contributed by atoms with van der Waals surface area (Å²) in [6.45, 7) is 2.50. The van der Waals surface area contributed by atoms with Crippen molar-refractivity contribution in [3.63, 3.8) is 0 Å². The molecular formula is C32H41ClN2O2. The summed E-state index contributed by atoms with van der Waals surface area (Å²) < 4.78 is 5.76. The highest BCUT2D eigenvalue weighted by atomic mass is 35.5. The first-order valence-corrected chi connectivity index (χ1v) is 14.9. The molecule has 0 bridgehead atoms. The topological polar surface area (TPSA) is 41.6 Å². The van der Waals surface area contributed by atoms with E-state index in [1.54, 1.807) is 7.11 Å². The van der Waals surface area contributed by atoms with Crippen molar-refractivity contribution in [3.05, 3.63) is 64.2 Å². The van der Waals surface area contributed by atoms with Crippen LogP contribution in [-0.2, 0) is 16.6 Å². The molecule has 1 spiro atoms. The lowest BCUT2D eigenvalue weighted by Gasteiger charge is -2.48. The van der Waals surface area contributed by atoms with Gasteiger partial charge < -0.3 is 15.0 Å². The summed E-state index contributed by atoms with van der Waals surface area (Å²) in [6, 6.07) is 15.5. The van der Waals surface area contributed by atoms with E-state index in [0.29, 0.717) is 28.8 Å². The first kappa shape index (κ1) is 25.2. The molecule has 2 saturated heterocycles. The number of likely N-dealkylation sites (tertiary alicyclic amines) is 1. The molecule has 6 rings (SSSR count). The molecule has 2 aromatic carbocycles. The Morgan fingerprint density at radius 3 is 2.65 bits per heavy atom. The van der Waals surface area contributed by atoms with Gasteiger partial charge in [-0.05, 0) is 79.5 Å². The molecule has 5 heteroatoms. The number of carbonyl (C=O) groups is 1. The highest BCUT2D eigenvalue weighted by Crippen LogP contribution is 2.50. The fraction of sp³-hybridized carbons (Fsp3) is 0.594. The minimum absolute atomic E-state index is 0.0307. The van der Waals surface area contributed by atoms with E-state index >= 15 is 0 Å². The highest BCUT2D eigenvalue weighted by molar-refractivity contribution is 6.32. The van der Waals surface area contributed by atoms with Gasteiger partial charge in [0, 0.05) is 31.1 Å². The normalized spacial score (nSPS) is 30.3. The summed E-state index contributed by atoms with van der Waals surface area (Å²) in [6.07, 6.45) is 11.7. The Morgan fingerprint density at radius 2 is 1.86 bits per heavy atom. The van der Waals surface area contributed by atoms with E-state index in [1.165, 1.54) is 48.8 Å². The molecule has 4 atom stereocenters. The van der Waals surface area contributed by atoms with E-state index in [0.717, 1.165) is 57.5 Å². The van der Waals surface area contributed by atoms with E-state index in [9.17, 15) is 4.79 Å². The minimum Gasteiger partial charge on any atom is -0.495 e. The van der Waals surface area contributed by atoms with Gasteiger partial charge in [0.25, 0.3) is 0 Å². The third-order valence-corrected chi connectivity index (χ3v) is 10.4. The Bertz CT molecular complexity index is 1120. The van der Waals surface area contributed by atoms with Crippen molar-refractivity contribution in [2.45, 2.75) is 81.6 Å². The standard InChI is InChI=1S/C32H41ClN2O2/c1-37-30-25-13-8-17-32(26(25)14-15-28(30)33)21-34-20-27(32)31(36)35-18-16-24(22-9-4-2-5-10-22)19-29(35)23-11-6-3-7-12-23/h2,4-5,9-10,14-15,23-24,27,29,34H,3,6-8,11-13,16-21H2,1H3/t24-,27+,29+,32?/m1/s1. The second kappa shape index (κ2) is 10.6. The van der Waals surface area contributed by atoms with Crippen molar-refractivity contribution in [2.24, 2.45) is 11.8 Å². The maximum absolute atomic E-state index is 14.6. The molecule has 198 valence electrons. The minimum atomic E-state index is -0.171. The summed E-state index contributed by atoms with van der Waals surface area (Å²) in [5, 5.41) is 4.33. The summed E-state index contributed by atoms with van der Waals surface area (Å²) >= 11 is 6.53. The Kier molecular flexibility index (Phi) is 7.24. The zero-order chi connectivity index (χ0) is 25.4. The van der Waals surface area contributed by atoms with Gasteiger partial charge in [0.1, 0.15) is 5.75 Å². The number of hydrogen-bond acceptors (Lipinski definition) is 3. The Labute approximate surface area is 227 Å². The monoisotopic (exact) mass is 520 g/mol. The van der Waals surface area contributed by atoms with Gasteiger partial charge in [0.15, 0.2) is 0 Å². The van der Waals surface area contributed by atoms with Crippen LogP contribution in [0.25, 0.3) is 0 Å². The molecule has 0 aromatic heterocycles. The number of nitrogens with one attached hydrogen (secondary N) is 1. The fourth-order valence-corrected chi connectivity index (χ4v) is 8.60. The van der Waals surface area contributed by atoms with Gasteiger partial charge in [0.05, 0.1) is 18.1 Å². The number of halogens is 1. The summed E-state index contributed by atoms with van der Waals surface area (Å²) in [5.74, 6) is 2.34. The Hall–Kier alpha value is -2.04. The Balaban J connectivity index is 1.32. The van der Waals surface area contributed by atoms with Gasteiger partial charge in [-0.15, -0.1) is 0 Å². The van der Waals surface area contributed by atoms with Gasteiger partial charge in [-0.25, -0.2) is 0 Å².